The Balaban J connectivity index is 1.53. The Labute approximate surface area is 178 Å². The van der Waals surface area contributed by atoms with E-state index in [9.17, 15) is 9.59 Å². The summed E-state index contributed by atoms with van der Waals surface area (Å²) in [6.07, 6.45) is 1.72. The number of aryl methyl sites for hydroxylation is 2. The molecule has 1 unspecified atom stereocenters. The molecule has 8 heteroatoms. The van der Waals surface area contributed by atoms with Crippen molar-refractivity contribution < 1.29 is 14.0 Å². The van der Waals surface area contributed by atoms with Crippen LogP contribution >= 0.6 is 11.3 Å². The van der Waals surface area contributed by atoms with Gasteiger partial charge in [0.2, 0.25) is 5.91 Å². The number of hydrogen-bond donors (Lipinski definition) is 2. The number of amides is 2. The summed E-state index contributed by atoms with van der Waals surface area (Å²) < 4.78 is 5.63. The number of carbonyl (C=O) groups is 2. The minimum absolute atomic E-state index is 0.208. The zero-order valence-electron chi connectivity index (χ0n) is 17.0. The van der Waals surface area contributed by atoms with Gasteiger partial charge in [-0.15, -0.1) is 11.3 Å². The fourth-order valence-electron chi connectivity index (χ4n) is 3.78. The summed E-state index contributed by atoms with van der Waals surface area (Å²) in [6.45, 7) is 5.06. The van der Waals surface area contributed by atoms with Crippen LogP contribution in [0.15, 0.2) is 40.8 Å². The predicted octanol–water partition coefficient (Wildman–Crippen LogP) is 3.72. The first-order valence-corrected chi connectivity index (χ1v) is 10.7. The molecule has 3 heterocycles. The number of primary amides is 1. The van der Waals surface area contributed by atoms with Crippen molar-refractivity contribution in [1.29, 1.82) is 0 Å². The zero-order valence-corrected chi connectivity index (χ0v) is 17.8. The predicted molar refractivity (Wildman–Crippen MR) is 116 cm³/mol. The average Bonchev–Trinajstić information content (AvgIpc) is 3.43. The first kappa shape index (κ1) is 20.3. The quantitative estimate of drug-likeness (QED) is 0.628. The Morgan fingerprint density at radius 1 is 1.27 bits per heavy atom. The lowest BCUT2D eigenvalue weighted by atomic mass is 10.1. The maximum Gasteiger partial charge on any atom is 0.267 e. The summed E-state index contributed by atoms with van der Waals surface area (Å²) in [7, 11) is 0. The van der Waals surface area contributed by atoms with Gasteiger partial charge in [0.1, 0.15) is 10.6 Å². The van der Waals surface area contributed by atoms with Crippen molar-refractivity contribution >= 4 is 28.8 Å². The van der Waals surface area contributed by atoms with Crippen LogP contribution in [0, 0.1) is 13.8 Å². The standard InChI is InChI=1S/C22H24N4O3S/c1-13-9-10-18(29-13)22-24-14(2)19(30-22)21(28)25-16-7-4-3-6-15(16)12-26-11-5-8-17(26)20(23)27/h3-4,6-7,9-10,17H,5,8,11-12H2,1-2H3,(H2,23,27)(H,25,28). The van der Waals surface area contributed by atoms with Crippen molar-refractivity contribution in [2.45, 2.75) is 39.3 Å². The minimum atomic E-state index is -0.296. The Morgan fingerprint density at radius 2 is 2.07 bits per heavy atom. The van der Waals surface area contributed by atoms with E-state index in [0.29, 0.717) is 27.9 Å². The van der Waals surface area contributed by atoms with Gasteiger partial charge in [-0.3, -0.25) is 14.5 Å². The van der Waals surface area contributed by atoms with Crippen molar-refractivity contribution in [3.8, 4) is 10.8 Å². The van der Waals surface area contributed by atoms with Gasteiger partial charge in [0, 0.05) is 12.2 Å². The third kappa shape index (κ3) is 4.15. The van der Waals surface area contributed by atoms with Crippen molar-refractivity contribution in [2.75, 3.05) is 11.9 Å². The minimum Gasteiger partial charge on any atom is -0.459 e. The smallest absolute Gasteiger partial charge is 0.267 e. The number of aromatic nitrogens is 1. The molecule has 1 aromatic carbocycles. The number of thiazole rings is 1. The van der Waals surface area contributed by atoms with E-state index in [4.69, 9.17) is 10.2 Å². The second-order valence-corrected chi connectivity index (χ2v) is 8.49. The van der Waals surface area contributed by atoms with Crippen molar-refractivity contribution in [3.05, 3.63) is 58.3 Å². The molecule has 3 aromatic rings. The number of nitrogens with two attached hydrogens (primary N) is 1. The van der Waals surface area contributed by atoms with Crippen LogP contribution in [0.3, 0.4) is 0 Å². The fourth-order valence-corrected chi connectivity index (χ4v) is 4.70. The van der Waals surface area contributed by atoms with Crippen molar-refractivity contribution in [1.82, 2.24) is 9.88 Å². The highest BCUT2D eigenvalue weighted by molar-refractivity contribution is 7.17. The number of nitrogens with one attached hydrogen (secondary N) is 1. The van der Waals surface area contributed by atoms with Crippen LogP contribution in [0.5, 0.6) is 0 Å². The molecule has 2 aromatic heterocycles. The Kier molecular flexibility index (Phi) is 5.69. The SMILES string of the molecule is Cc1ccc(-c2nc(C)c(C(=O)Nc3ccccc3CN3CCCC3C(N)=O)s2)o1. The molecule has 1 aliphatic rings. The number of benzene rings is 1. The second kappa shape index (κ2) is 8.41. The number of anilines is 1. The van der Waals surface area contributed by atoms with Gasteiger partial charge in [0.15, 0.2) is 10.8 Å². The molecule has 4 rings (SSSR count). The lowest BCUT2D eigenvalue weighted by Gasteiger charge is -2.23. The molecular weight excluding hydrogens is 400 g/mol. The molecule has 3 N–H and O–H groups in total. The molecule has 0 aliphatic carbocycles. The third-order valence-electron chi connectivity index (χ3n) is 5.29. The molecule has 0 radical (unpaired) electrons. The lowest BCUT2D eigenvalue weighted by Crippen LogP contribution is -2.39. The maximum absolute atomic E-state index is 13.0. The molecule has 30 heavy (non-hydrogen) atoms. The molecule has 2 amide bonds. The topological polar surface area (TPSA) is 101 Å². The number of hydrogen-bond acceptors (Lipinski definition) is 6. The fraction of sp³-hybridized carbons (Fsp3) is 0.318. The summed E-state index contributed by atoms with van der Waals surface area (Å²) in [5.41, 5.74) is 7.87. The summed E-state index contributed by atoms with van der Waals surface area (Å²) in [4.78, 5) is 31.8. The van der Waals surface area contributed by atoms with Gasteiger partial charge >= 0.3 is 0 Å². The van der Waals surface area contributed by atoms with Crippen LogP contribution in [-0.4, -0.2) is 34.3 Å². The van der Waals surface area contributed by atoms with Crippen LogP contribution in [-0.2, 0) is 11.3 Å². The van der Waals surface area contributed by atoms with Gasteiger partial charge in [-0.05, 0) is 57.0 Å². The monoisotopic (exact) mass is 424 g/mol. The van der Waals surface area contributed by atoms with Crippen molar-refractivity contribution in [3.63, 3.8) is 0 Å². The largest absolute Gasteiger partial charge is 0.459 e. The summed E-state index contributed by atoms with van der Waals surface area (Å²) in [5, 5.41) is 3.69. The van der Waals surface area contributed by atoms with E-state index in [1.807, 2.05) is 50.2 Å². The molecule has 1 fully saturated rings. The van der Waals surface area contributed by atoms with Crippen LogP contribution in [0.1, 0.15) is 39.5 Å². The molecule has 1 saturated heterocycles. The van der Waals surface area contributed by atoms with Gasteiger partial charge in [-0.1, -0.05) is 18.2 Å². The van der Waals surface area contributed by atoms with E-state index >= 15 is 0 Å². The van der Waals surface area contributed by atoms with Gasteiger partial charge in [0.05, 0.1) is 11.7 Å². The molecule has 7 nitrogen and oxygen atoms in total. The van der Waals surface area contributed by atoms with Gasteiger partial charge in [0.25, 0.3) is 5.91 Å². The molecule has 1 aliphatic heterocycles. The Hall–Kier alpha value is -2.97. The van der Waals surface area contributed by atoms with Crippen LogP contribution in [0.4, 0.5) is 5.69 Å². The highest BCUT2D eigenvalue weighted by Gasteiger charge is 2.29. The van der Waals surface area contributed by atoms with E-state index in [0.717, 1.165) is 36.4 Å². The van der Waals surface area contributed by atoms with Gasteiger partial charge in [-0.2, -0.15) is 0 Å². The van der Waals surface area contributed by atoms with Gasteiger partial charge in [-0.25, -0.2) is 4.98 Å². The number of rotatable bonds is 6. The first-order valence-electron chi connectivity index (χ1n) is 9.89. The maximum atomic E-state index is 13.0. The van der Waals surface area contributed by atoms with Crippen LogP contribution < -0.4 is 11.1 Å². The number of nitrogens with zero attached hydrogens (tertiary/aromatic N) is 2. The average molecular weight is 425 g/mol. The molecule has 1 atom stereocenters. The van der Waals surface area contributed by atoms with E-state index in [-0.39, 0.29) is 17.9 Å². The van der Waals surface area contributed by atoms with Crippen LogP contribution in [0.25, 0.3) is 10.8 Å². The van der Waals surface area contributed by atoms with Gasteiger partial charge < -0.3 is 15.5 Å². The normalized spacial score (nSPS) is 16.7. The Morgan fingerprint density at radius 3 is 2.80 bits per heavy atom. The second-order valence-electron chi connectivity index (χ2n) is 7.49. The van der Waals surface area contributed by atoms with E-state index < -0.39 is 0 Å². The summed E-state index contributed by atoms with van der Waals surface area (Å²) in [5.74, 6) is 0.954. The first-order chi connectivity index (χ1) is 14.4. The molecular formula is C22H24N4O3S. The Bertz CT molecular complexity index is 1090. The molecule has 0 spiro atoms. The third-order valence-corrected chi connectivity index (χ3v) is 6.46. The highest BCUT2D eigenvalue weighted by atomic mass is 32.1. The molecule has 0 bridgehead atoms. The highest BCUT2D eigenvalue weighted by Crippen LogP contribution is 2.30. The number of para-hydroxylation sites is 1. The summed E-state index contributed by atoms with van der Waals surface area (Å²) in [6, 6.07) is 11.1. The van der Waals surface area contributed by atoms with E-state index in [1.54, 1.807) is 0 Å². The lowest BCUT2D eigenvalue weighted by molar-refractivity contribution is -0.122. The number of furan rings is 1. The molecule has 0 saturated carbocycles. The van der Waals surface area contributed by atoms with E-state index in [1.165, 1.54) is 11.3 Å². The van der Waals surface area contributed by atoms with Crippen molar-refractivity contribution in [2.24, 2.45) is 5.73 Å². The zero-order chi connectivity index (χ0) is 21.3. The number of carbonyl (C=O) groups excluding carboxylic acids is 2. The summed E-state index contributed by atoms with van der Waals surface area (Å²) >= 11 is 1.31. The van der Waals surface area contributed by atoms with E-state index in [2.05, 4.69) is 15.2 Å². The number of likely N-dealkylation sites (tertiary alicyclic amines) is 1. The van der Waals surface area contributed by atoms with Crippen LogP contribution in [0.2, 0.25) is 0 Å². The molecule has 156 valence electrons.